The highest BCUT2D eigenvalue weighted by molar-refractivity contribution is 5.95. The van der Waals surface area contributed by atoms with Gasteiger partial charge in [0.1, 0.15) is 0 Å². The maximum Gasteiger partial charge on any atom is 0.420 e. The normalized spacial score (nSPS) is 16.6. The van der Waals surface area contributed by atoms with Gasteiger partial charge in [-0.05, 0) is 62.1 Å². The summed E-state index contributed by atoms with van der Waals surface area (Å²) in [5.74, 6) is 0.914. The Morgan fingerprint density at radius 2 is 1.79 bits per heavy atom. The fourth-order valence-corrected chi connectivity index (χ4v) is 4.36. The lowest BCUT2D eigenvalue weighted by atomic mass is 10.0. The van der Waals surface area contributed by atoms with Gasteiger partial charge in [-0.25, -0.2) is 4.79 Å². The Balaban J connectivity index is 1.36. The standard InChI is InChI=1S/C22H22N2O5/c1-13-9-14(2)20-17(10-13)24(22(26)29-20)16-5-7-23(8-6-16)21(25)15-3-4-18-19(11-15)28-12-27-18/h3-4,9-11,16H,5-8,12H2,1-2H3. The number of nitrogens with zero attached hydrogens (tertiary/aromatic N) is 2. The Morgan fingerprint density at radius 1 is 1.03 bits per heavy atom. The van der Waals surface area contributed by atoms with E-state index < -0.39 is 0 Å². The molecule has 0 unspecified atom stereocenters. The average Bonchev–Trinajstić information content (AvgIpc) is 3.31. The number of fused-ring (bicyclic) bond motifs is 2. The number of oxazole rings is 1. The van der Waals surface area contributed by atoms with Crippen molar-refractivity contribution >= 4 is 17.0 Å². The molecule has 0 saturated carbocycles. The van der Waals surface area contributed by atoms with Crippen LogP contribution in [0.1, 0.15) is 40.4 Å². The largest absolute Gasteiger partial charge is 0.454 e. The monoisotopic (exact) mass is 394 g/mol. The zero-order valence-electron chi connectivity index (χ0n) is 16.4. The van der Waals surface area contributed by atoms with Crippen LogP contribution in [0.25, 0.3) is 11.1 Å². The molecule has 0 bridgehead atoms. The Morgan fingerprint density at radius 3 is 2.59 bits per heavy atom. The van der Waals surface area contributed by atoms with Crippen LogP contribution in [-0.4, -0.2) is 35.3 Å². The number of likely N-dealkylation sites (tertiary alicyclic amines) is 1. The molecule has 0 radical (unpaired) electrons. The molecule has 7 nitrogen and oxygen atoms in total. The number of hydrogen-bond donors (Lipinski definition) is 0. The van der Waals surface area contributed by atoms with Crippen LogP contribution in [0.4, 0.5) is 0 Å². The fraction of sp³-hybridized carbons (Fsp3) is 0.364. The summed E-state index contributed by atoms with van der Waals surface area (Å²) < 4.78 is 18.0. The predicted octanol–water partition coefficient (Wildman–Crippen LogP) is 3.42. The Labute approximate surface area is 167 Å². The number of aromatic nitrogens is 1. The van der Waals surface area contributed by atoms with Gasteiger partial charge in [0, 0.05) is 24.7 Å². The lowest BCUT2D eigenvalue weighted by molar-refractivity contribution is 0.0693. The first kappa shape index (κ1) is 17.8. The first-order valence-corrected chi connectivity index (χ1v) is 9.82. The summed E-state index contributed by atoms with van der Waals surface area (Å²) in [7, 11) is 0. The summed E-state index contributed by atoms with van der Waals surface area (Å²) in [6, 6.07) is 9.30. The Hall–Kier alpha value is -3.22. The van der Waals surface area contributed by atoms with Gasteiger partial charge >= 0.3 is 5.76 Å². The first-order chi connectivity index (χ1) is 14.0. The third kappa shape index (κ3) is 2.97. The van der Waals surface area contributed by atoms with Crippen molar-refractivity contribution in [1.29, 1.82) is 0 Å². The molecule has 3 heterocycles. The van der Waals surface area contributed by atoms with Gasteiger partial charge in [-0.15, -0.1) is 0 Å². The van der Waals surface area contributed by atoms with Gasteiger partial charge in [0.25, 0.3) is 5.91 Å². The second-order valence-electron chi connectivity index (χ2n) is 7.76. The van der Waals surface area contributed by atoms with Crippen molar-refractivity contribution in [2.45, 2.75) is 32.7 Å². The van der Waals surface area contributed by atoms with Gasteiger partial charge in [0.05, 0.1) is 5.52 Å². The third-order valence-corrected chi connectivity index (χ3v) is 5.78. The molecule has 29 heavy (non-hydrogen) atoms. The molecule has 5 rings (SSSR count). The lowest BCUT2D eigenvalue weighted by Crippen LogP contribution is -2.40. The highest BCUT2D eigenvalue weighted by atomic mass is 16.7. The van der Waals surface area contributed by atoms with Crippen molar-refractivity contribution < 1.29 is 18.7 Å². The van der Waals surface area contributed by atoms with Gasteiger partial charge in [0.15, 0.2) is 17.1 Å². The van der Waals surface area contributed by atoms with Gasteiger partial charge < -0.3 is 18.8 Å². The number of hydrogen-bond acceptors (Lipinski definition) is 5. The van der Waals surface area contributed by atoms with Crippen LogP contribution >= 0.6 is 0 Å². The number of carbonyl (C=O) groups excluding carboxylic acids is 1. The molecule has 0 aliphatic carbocycles. The third-order valence-electron chi connectivity index (χ3n) is 5.78. The summed E-state index contributed by atoms with van der Waals surface area (Å²) in [6.45, 7) is 5.32. The molecular weight excluding hydrogens is 372 g/mol. The van der Waals surface area contributed by atoms with E-state index in [4.69, 9.17) is 13.9 Å². The second-order valence-corrected chi connectivity index (χ2v) is 7.76. The zero-order chi connectivity index (χ0) is 20.1. The molecule has 0 atom stereocenters. The van der Waals surface area contributed by atoms with Crippen molar-refractivity contribution in [1.82, 2.24) is 9.47 Å². The number of aryl methyl sites for hydroxylation is 2. The van der Waals surface area contributed by atoms with E-state index in [-0.39, 0.29) is 24.5 Å². The summed E-state index contributed by atoms with van der Waals surface area (Å²) in [5, 5.41) is 0. The molecule has 1 fully saturated rings. The Bertz CT molecular complexity index is 1170. The molecule has 2 aliphatic rings. The van der Waals surface area contributed by atoms with Crippen LogP contribution < -0.4 is 15.2 Å². The van der Waals surface area contributed by atoms with E-state index in [2.05, 4.69) is 0 Å². The molecule has 1 saturated heterocycles. The summed E-state index contributed by atoms with van der Waals surface area (Å²) in [4.78, 5) is 27.3. The molecule has 1 amide bonds. The van der Waals surface area contributed by atoms with Crippen LogP contribution in [0.2, 0.25) is 0 Å². The zero-order valence-corrected chi connectivity index (χ0v) is 16.4. The number of benzene rings is 2. The molecule has 2 aromatic carbocycles. The minimum Gasteiger partial charge on any atom is -0.454 e. The van der Waals surface area contributed by atoms with E-state index in [0.717, 1.165) is 16.6 Å². The van der Waals surface area contributed by atoms with Crippen LogP contribution in [0.3, 0.4) is 0 Å². The molecular formula is C22H22N2O5. The summed E-state index contributed by atoms with van der Waals surface area (Å²) in [5.41, 5.74) is 4.14. The lowest BCUT2D eigenvalue weighted by Gasteiger charge is -2.32. The minimum absolute atomic E-state index is 0.0192. The van der Waals surface area contributed by atoms with Crippen LogP contribution in [0, 0.1) is 13.8 Å². The van der Waals surface area contributed by atoms with Crippen molar-refractivity contribution in [3.05, 3.63) is 57.6 Å². The maximum atomic E-state index is 12.9. The highest BCUT2D eigenvalue weighted by Crippen LogP contribution is 2.33. The summed E-state index contributed by atoms with van der Waals surface area (Å²) in [6.07, 6.45) is 1.41. The Kier molecular flexibility index (Phi) is 4.12. The highest BCUT2D eigenvalue weighted by Gasteiger charge is 2.28. The van der Waals surface area contributed by atoms with E-state index >= 15 is 0 Å². The van der Waals surface area contributed by atoms with Gasteiger partial charge in [0.2, 0.25) is 6.79 Å². The molecule has 1 aromatic heterocycles. The van der Waals surface area contributed by atoms with E-state index in [0.29, 0.717) is 48.6 Å². The van der Waals surface area contributed by atoms with E-state index in [1.165, 1.54) is 0 Å². The van der Waals surface area contributed by atoms with Gasteiger partial charge in [-0.3, -0.25) is 9.36 Å². The van der Waals surface area contributed by atoms with Crippen molar-refractivity contribution in [2.75, 3.05) is 19.9 Å². The van der Waals surface area contributed by atoms with Crippen molar-refractivity contribution in [3.8, 4) is 11.5 Å². The van der Waals surface area contributed by atoms with Crippen LogP contribution in [0.5, 0.6) is 11.5 Å². The molecule has 3 aromatic rings. The van der Waals surface area contributed by atoms with E-state index in [1.807, 2.05) is 30.9 Å². The molecule has 0 N–H and O–H groups in total. The fourth-order valence-electron chi connectivity index (χ4n) is 4.36. The molecule has 0 spiro atoms. The van der Waals surface area contributed by atoms with E-state index in [9.17, 15) is 9.59 Å². The smallest absolute Gasteiger partial charge is 0.420 e. The van der Waals surface area contributed by atoms with Crippen LogP contribution in [-0.2, 0) is 0 Å². The second kappa shape index (κ2) is 6.69. The molecule has 2 aliphatic heterocycles. The quantitative estimate of drug-likeness (QED) is 0.666. The number of ether oxygens (including phenoxy) is 2. The summed E-state index contributed by atoms with van der Waals surface area (Å²) >= 11 is 0. The average molecular weight is 394 g/mol. The maximum absolute atomic E-state index is 12.9. The number of rotatable bonds is 2. The van der Waals surface area contributed by atoms with Crippen molar-refractivity contribution in [2.24, 2.45) is 0 Å². The van der Waals surface area contributed by atoms with Gasteiger partial charge in [-0.2, -0.15) is 0 Å². The van der Waals surface area contributed by atoms with Gasteiger partial charge in [-0.1, -0.05) is 6.07 Å². The topological polar surface area (TPSA) is 73.9 Å². The predicted molar refractivity (Wildman–Crippen MR) is 107 cm³/mol. The van der Waals surface area contributed by atoms with Crippen molar-refractivity contribution in [3.63, 3.8) is 0 Å². The number of piperidine rings is 1. The number of carbonyl (C=O) groups is 1. The first-order valence-electron chi connectivity index (χ1n) is 9.82. The van der Waals surface area contributed by atoms with E-state index in [1.54, 1.807) is 22.8 Å². The van der Waals surface area contributed by atoms with Crippen LogP contribution in [0.15, 0.2) is 39.5 Å². The molecule has 7 heteroatoms. The minimum atomic E-state index is -0.325. The molecule has 150 valence electrons. The SMILES string of the molecule is Cc1cc(C)c2oc(=O)n(C3CCN(C(=O)c4ccc5c(c4)OCO5)CC3)c2c1. The number of amides is 1.